The number of nitrogens with two attached hydrogens (primary N) is 1. The van der Waals surface area contributed by atoms with Crippen LogP contribution in [0.5, 0.6) is 0 Å². The number of nitrogens with one attached hydrogen (secondary N) is 1. The summed E-state index contributed by atoms with van der Waals surface area (Å²) in [6, 6.07) is 0. The number of nitrogens with zero attached hydrogens (tertiary/aromatic N) is 3. The first kappa shape index (κ1) is 14.5. The molecule has 0 aliphatic heterocycles. The van der Waals surface area contributed by atoms with Gasteiger partial charge in [0.2, 0.25) is 15.9 Å². The summed E-state index contributed by atoms with van der Waals surface area (Å²) >= 11 is 0. The zero-order valence-electron chi connectivity index (χ0n) is 10.5. The molecular formula is C9H17N5O3S. The highest BCUT2D eigenvalue weighted by Gasteiger charge is 2.25. The largest absolute Gasteiger partial charge is 0.381 e. The summed E-state index contributed by atoms with van der Waals surface area (Å²) < 4.78 is 26.7. The zero-order valence-corrected chi connectivity index (χ0v) is 11.4. The summed E-state index contributed by atoms with van der Waals surface area (Å²) in [6.07, 6.45) is 1.42. The van der Waals surface area contributed by atoms with Crippen molar-refractivity contribution in [2.24, 2.45) is 7.05 Å². The molecule has 0 aromatic carbocycles. The molecule has 0 unspecified atom stereocenters. The Morgan fingerprint density at radius 3 is 2.67 bits per heavy atom. The van der Waals surface area contributed by atoms with Gasteiger partial charge in [0.15, 0.2) is 5.82 Å². The highest BCUT2D eigenvalue weighted by molar-refractivity contribution is 7.89. The van der Waals surface area contributed by atoms with E-state index in [1.54, 1.807) is 7.05 Å². The normalized spacial score (nSPS) is 11.8. The highest BCUT2D eigenvalue weighted by Crippen LogP contribution is 2.19. The molecule has 0 radical (unpaired) electrons. The monoisotopic (exact) mass is 275 g/mol. The lowest BCUT2D eigenvalue weighted by Crippen LogP contribution is -2.31. The van der Waals surface area contributed by atoms with Crippen LogP contribution in [-0.2, 0) is 21.9 Å². The first-order chi connectivity index (χ1) is 8.28. The van der Waals surface area contributed by atoms with Gasteiger partial charge in [-0.1, -0.05) is 0 Å². The first-order valence-electron chi connectivity index (χ1n) is 5.25. The Labute approximate surface area is 106 Å². The van der Waals surface area contributed by atoms with E-state index in [9.17, 15) is 13.2 Å². The molecule has 0 saturated heterocycles. The summed E-state index contributed by atoms with van der Waals surface area (Å²) in [4.78, 5) is 11.0. The third kappa shape index (κ3) is 2.99. The molecule has 0 aliphatic rings. The Morgan fingerprint density at radius 2 is 2.22 bits per heavy atom. The Hall–Kier alpha value is -1.61. The van der Waals surface area contributed by atoms with Crippen LogP contribution in [0.3, 0.4) is 0 Å². The number of anilines is 1. The lowest BCUT2D eigenvalue weighted by Gasteiger charge is -2.15. The van der Waals surface area contributed by atoms with Crippen LogP contribution < -0.4 is 11.1 Å². The molecule has 0 aliphatic carbocycles. The molecule has 1 aromatic heterocycles. The third-order valence-electron chi connectivity index (χ3n) is 2.44. The molecule has 9 heteroatoms. The molecule has 1 aromatic rings. The molecule has 1 heterocycles. The average molecular weight is 275 g/mol. The Balaban J connectivity index is 2.87. The Bertz CT molecular complexity index is 536. The van der Waals surface area contributed by atoms with Crippen molar-refractivity contribution >= 4 is 21.7 Å². The molecule has 1 rings (SSSR count). The lowest BCUT2D eigenvalue weighted by molar-refractivity contribution is -0.120. The van der Waals surface area contributed by atoms with Gasteiger partial charge in [0.05, 0.1) is 0 Å². The number of sulfonamides is 1. The van der Waals surface area contributed by atoms with E-state index in [1.807, 2.05) is 0 Å². The van der Waals surface area contributed by atoms with Crippen molar-refractivity contribution in [1.82, 2.24) is 19.4 Å². The predicted octanol–water partition coefficient (Wildman–Crippen LogP) is -1.24. The van der Waals surface area contributed by atoms with Crippen LogP contribution in [-0.4, -0.2) is 49.1 Å². The average Bonchev–Trinajstić information content (AvgIpc) is 2.65. The van der Waals surface area contributed by atoms with E-state index in [2.05, 4.69) is 10.4 Å². The van der Waals surface area contributed by atoms with Crippen molar-refractivity contribution in [3.63, 3.8) is 0 Å². The molecule has 8 nitrogen and oxygen atoms in total. The number of nitrogen functional groups attached to an aromatic ring is 1. The minimum Gasteiger partial charge on any atom is -0.381 e. The third-order valence-corrected chi connectivity index (χ3v) is 4.32. The van der Waals surface area contributed by atoms with Crippen LogP contribution >= 0.6 is 0 Å². The van der Waals surface area contributed by atoms with Crippen molar-refractivity contribution < 1.29 is 13.2 Å². The number of rotatable bonds is 5. The molecule has 3 N–H and O–H groups in total. The maximum Gasteiger partial charge on any atom is 0.248 e. The van der Waals surface area contributed by atoms with E-state index in [-0.39, 0.29) is 29.6 Å². The summed E-state index contributed by atoms with van der Waals surface area (Å²) in [5.74, 6) is -0.277. The number of aromatic nitrogens is 2. The van der Waals surface area contributed by atoms with Crippen molar-refractivity contribution in [2.45, 2.75) is 11.3 Å². The molecule has 102 valence electrons. The highest BCUT2D eigenvalue weighted by atomic mass is 32.2. The smallest absolute Gasteiger partial charge is 0.248 e. The van der Waals surface area contributed by atoms with Crippen LogP contribution in [0.15, 0.2) is 11.1 Å². The quantitative estimate of drug-likeness (QED) is 0.698. The maximum atomic E-state index is 12.1. The molecular weight excluding hydrogens is 258 g/mol. The second-order valence-electron chi connectivity index (χ2n) is 3.80. The fourth-order valence-electron chi connectivity index (χ4n) is 1.35. The van der Waals surface area contributed by atoms with Crippen LogP contribution in [0.25, 0.3) is 0 Å². The van der Waals surface area contributed by atoms with Gasteiger partial charge >= 0.3 is 0 Å². The van der Waals surface area contributed by atoms with Gasteiger partial charge in [0.1, 0.15) is 4.90 Å². The predicted molar refractivity (Wildman–Crippen MR) is 66.1 cm³/mol. The number of aryl methyl sites for hydroxylation is 1. The van der Waals surface area contributed by atoms with Crippen molar-refractivity contribution in [2.75, 3.05) is 26.4 Å². The van der Waals surface area contributed by atoms with Crippen LogP contribution in [0.2, 0.25) is 0 Å². The minimum atomic E-state index is -3.71. The molecule has 18 heavy (non-hydrogen) atoms. The van der Waals surface area contributed by atoms with E-state index < -0.39 is 10.0 Å². The van der Waals surface area contributed by atoms with E-state index in [0.717, 1.165) is 4.31 Å². The zero-order chi connectivity index (χ0) is 13.9. The van der Waals surface area contributed by atoms with Crippen LogP contribution in [0.4, 0.5) is 5.82 Å². The van der Waals surface area contributed by atoms with Gasteiger partial charge in [0, 0.05) is 40.3 Å². The molecule has 1 amide bonds. The van der Waals surface area contributed by atoms with E-state index in [4.69, 9.17) is 5.73 Å². The molecule has 0 atom stereocenters. The first-order valence-corrected chi connectivity index (χ1v) is 6.69. The number of hydrogen-bond donors (Lipinski definition) is 2. The topological polar surface area (TPSA) is 110 Å². The summed E-state index contributed by atoms with van der Waals surface area (Å²) in [5, 5.41) is 6.21. The second-order valence-corrected chi connectivity index (χ2v) is 5.82. The number of carbonyl (C=O) groups is 1. The van der Waals surface area contributed by atoms with Crippen molar-refractivity contribution in [3.05, 3.63) is 6.20 Å². The molecule has 0 spiro atoms. The lowest BCUT2D eigenvalue weighted by atomic mass is 10.4. The van der Waals surface area contributed by atoms with E-state index in [1.165, 1.54) is 25.0 Å². The van der Waals surface area contributed by atoms with Crippen LogP contribution in [0.1, 0.15) is 6.42 Å². The summed E-state index contributed by atoms with van der Waals surface area (Å²) in [6.45, 7) is 0.0797. The van der Waals surface area contributed by atoms with Gasteiger partial charge in [-0.3, -0.25) is 9.48 Å². The fourth-order valence-corrected chi connectivity index (χ4v) is 2.61. The minimum absolute atomic E-state index is 0.0515. The van der Waals surface area contributed by atoms with Gasteiger partial charge in [-0.2, -0.15) is 5.10 Å². The van der Waals surface area contributed by atoms with Gasteiger partial charge in [-0.15, -0.1) is 0 Å². The van der Waals surface area contributed by atoms with Crippen molar-refractivity contribution in [1.29, 1.82) is 0 Å². The summed E-state index contributed by atoms with van der Waals surface area (Å²) in [7, 11) is 0.765. The number of carbonyl (C=O) groups excluding carboxylic acids is 1. The Kier molecular flexibility index (Phi) is 4.30. The molecule has 0 fully saturated rings. The molecule has 0 bridgehead atoms. The van der Waals surface area contributed by atoms with E-state index >= 15 is 0 Å². The SMILES string of the molecule is CNC(=O)CCN(C)S(=O)(=O)c1cn(C)nc1N. The second kappa shape index (κ2) is 5.36. The van der Waals surface area contributed by atoms with Gasteiger partial charge in [-0.25, -0.2) is 12.7 Å². The standard InChI is InChI=1S/C9H17N5O3S/c1-11-8(15)4-5-14(3)18(16,17)7-6-13(2)12-9(7)10/h6H,4-5H2,1-3H3,(H2,10,12)(H,11,15). The van der Waals surface area contributed by atoms with E-state index in [0.29, 0.717) is 0 Å². The number of amides is 1. The van der Waals surface area contributed by atoms with Gasteiger partial charge in [-0.05, 0) is 0 Å². The van der Waals surface area contributed by atoms with Crippen LogP contribution in [0, 0.1) is 0 Å². The Morgan fingerprint density at radius 1 is 1.61 bits per heavy atom. The van der Waals surface area contributed by atoms with Gasteiger partial charge < -0.3 is 11.1 Å². The van der Waals surface area contributed by atoms with Crippen molar-refractivity contribution in [3.8, 4) is 0 Å². The maximum absolute atomic E-state index is 12.1. The summed E-state index contributed by atoms with van der Waals surface area (Å²) in [5.41, 5.74) is 5.53. The fraction of sp³-hybridized carbons (Fsp3) is 0.556. The number of hydrogen-bond acceptors (Lipinski definition) is 5. The molecule has 0 saturated carbocycles. The van der Waals surface area contributed by atoms with Gasteiger partial charge in [0.25, 0.3) is 0 Å².